The third-order valence-corrected chi connectivity index (χ3v) is 6.63. The van der Waals surface area contributed by atoms with E-state index in [-0.39, 0.29) is 5.91 Å². The van der Waals surface area contributed by atoms with Crippen molar-refractivity contribution in [2.45, 2.75) is 26.2 Å². The second-order valence-electron chi connectivity index (χ2n) is 7.23. The van der Waals surface area contributed by atoms with Crippen LogP contribution in [-0.2, 0) is 4.79 Å². The van der Waals surface area contributed by atoms with Crippen LogP contribution in [0.5, 0.6) is 17.2 Å². The van der Waals surface area contributed by atoms with Crippen LogP contribution in [0.2, 0.25) is 0 Å². The van der Waals surface area contributed by atoms with Gasteiger partial charge in [0.05, 0.1) is 12.0 Å². The number of thiocarbonyl (C=S) groups is 1. The fourth-order valence-corrected chi connectivity index (χ4v) is 4.21. The van der Waals surface area contributed by atoms with Gasteiger partial charge < -0.3 is 14.2 Å². The third-order valence-electron chi connectivity index (χ3n) is 5.14. The van der Waals surface area contributed by atoms with Crippen LogP contribution >= 0.6 is 24.0 Å². The number of hydrogen-bond donors (Lipinski definition) is 0. The lowest BCUT2D eigenvalue weighted by atomic mass is 9.99. The first-order valence-electron chi connectivity index (χ1n) is 10.2. The molecule has 1 heterocycles. The molecule has 1 saturated heterocycles. The van der Waals surface area contributed by atoms with Gasteiger partial charge in [0.1, 0.15) is 23.3 Å². The zero-order valence-corrected chi connectivity index (χ0v) is 19.8. The Kier molecular flexibility index (Phi) is 7.98. The van der Waals surface area contributed by atoms with Gasteiger partial charge in [0.2, 0.25) is 0 Å². The van der Waals surface area contributed by atoms with Crippen LogP contribution in [-0.4, -0.2) is 42.5 Å². The predicted octanol–water partition coefficient (Wildman–Crippen LogP) is 5.50. The summed E-state index contributed by atoms with van der Waals surface area (Å²) < 4.78 is 17.6. The minimum absolute atomic E-state index is 0.0939. The summed E-state index contributed by atoms with van der Waals surface area (Å²) in [5.74, 6) is 2.50. The molecule has 31 heavy (non-hydrogen) atoms. The number of carbonyl (C=O) groups is 1. The molecule has 164 valence electrons. The molecule has 2 aromatic carbocycles. The Balaban J connectivity index is 1.56. The molecule has 0 aliphatic carbocycles. The number of likely N-dealkylation sites (N-methyl/N-ethyl adjacent to an activating group) is 1. The number of benzene rings is 2. The number of thioether (sulfide) groups is 1. The number of ether oxygens (including phenoxy) is 3. The summed E-state index contributed by atoms with van der Waals surface area (Å²) in [5, 5.41) is 0. The van der Waals surface area contributed by atoms with Crippen molar-refractivity contribution >= 4 is 40.3 Å². The van der Waals surface area contributed by atoms with E-state index in [0.29, 0.717) is 39.9 Å². The van der Waals surface area contributed by atoms with E-state index in [0.717, 1.165) is 17.7 Å². The Hall–Kier alpha value is -2.51. The topological polar surface area (TPSA) is 48.0 Å². The molecule has 0 N–H and O–H groups in total. The van der Waals surface area contributed by atoms with Gasteiger partial charge in [-0.1, -0.05) is 56.0 Å². The number of hydrogen-bond acceptors (Lipinski definition) is 6. The van der Waals surface area contributed by atoms with Crippen LogP contribution in [0.25, 0.3) is 6.08 Å². The van der Waals surface area contributed by atoms with Crippen LogP contribution in [0.4, 0.5) is 0 Å². The van der Waals surface area contributed by atoms with Gasteiger partial charge in [-0.2, -0.15) is 0 Å². The van der Waals surface area contributed by atoms with Gasteiger partial charge in [-0.25, -0.2) is 0 Å². The van der Waals surface area contributed by atoms with Crippen molar-refractivity contribution in [3.63, 3.8) is 0 Å². The van der Waals surface area contributed by atoms with Gasteiger partial charge >= 0.3 is 0 Å². The first kappa shape index (κ1) is 23.2. The maximum atomic E-state index is 12.2. The Morgan fingerprint density at radius 2 is 1.81 bits per heavy atom. The van der Waals surface area contributed by atoms with Crippen molar-refractivity contribution in [2.75, 3.05) is 27.4 Å². The highest BCUT2D eigenvalue weighted by atomic mass is 32.2. The van der Waals surface area contributed by atoms with E-state index in [4.69, 9.17) is 26.4 Å². The summed E-state index contributed by atoms with van der Waals surface area (Å²) >= 11 is 6.46. The van der Waals surface area contributed by atoms with Gasteiger partial charge in [0.15, 0.2) is 11.5 Å². The molecule has 0 bridgehead atoms. The molecule has 0 radical (unpaired) electrons. The molecule has 1 aliphatic heterocycles. The van der Waals surface area contributed by atoms with Gasteiger partial charge in [-0.3, -0.25) is 9.69 Å². The smallest absolute Gasteiger partial charge is 0.265 e. The van der Waals surface area contributed by atoms with E-state index in [9.17, 15) is 4.79 Å². The van der Waals surface area contributed by atoms with Gasteiger partial charge in [-0.05, 0) is 53.8 Å². The summed E-state index contributed by atoms with van der Waals surface area (Å²) in [4.78, 5) is 14.2. The van der Waals surface area contributed by atoms with E-state index in [1.54, 1.807) is 20.2 Å². The lowest BCUT2D eigenvalue weighted by Gasteiger charge is -2.13. The summed E-state index contributed by atoms with van der Waals surface area (Å²) in [6.07, 6.45) is 2.92. The highest BCUT2D eigenvalue weighted by Crippen LogP contribution is 2.34. The van der Waals surface area contributed by atoms with Crippen molar-refractivity contribution in [1.82, 2.24) is 4.90 Å². The predicted molar refractivity (Wildman–Crippen MR) is 130 cm³/mol. The lowest BCUT2D eigenvalue weighted by Crippen LogP contribution is -2.22. The van der Waals surface area contributed by atoms with Crippen LogP contribution in [0.15, 0.2) is 47.4 Å². The van der Waals surface area contributed by atoms with E-state index in [1.807, 2.05) is 30.3 Å². The largest absolute Gasteiger partial charge is 0.493 e. The maximum absolute atomic E-state index is 12.2. The molecular formula is C24H27NO4S2. The van der Waals surface area contributed by atoms with E-state index >= 15 is 0 Å². The van der Waals surface area contributed by atoms with Gasteiger partial charge in [0.25, 0.3) is 5.91 Å². The number of nitrogens with zero attached hydrogens (tertiary/aromatic N) is 1. The first-order chi connectivity index (χ1) is 14.9. The molecule has 7 heteroatoms. The highest BCUT2D eigenvalue weighted by Gasteiger charge is 2.28. The Morgan fingerprint density at radius 3 is 2.42 bits per heavy atom. The molecule has 1 unspecified atom stereocenters. The van der Waals surface area contributed by atoms with E-state index in [1.165, 1.54) is 22.2 Å². The summed E-state index contributed by atoms with van der Waals surface area (Å²) in [6, 6.07) is 13.8. The molecule has 1 atom stereocenters. The van der Waals surface area contributed by atoms with Gasteiger partial charge in [0, 0.05) is 7.05 Å². The molecule has 0 saturated carbocycles. The Morgan fingerprint density at radius 1 is 1.10 bits per heavy atom. The molecule has 3 rings (SSSR count). The number of carbonyl (C=O) groups excluding carboxylic acids is 1. The maximum Gasteiger partial charge on any atom is 0.265 e. The standard InChI is InChI=1S/C24H27NO4S2/c1-5-16(2)18-7-9-19(10-8-18)28-12-13-29-20-11-6-17(14-21(20)27-4)15-22-23(26)25(3)24(30)31-22/h6-11,14-16H,5,12-13H2,1-4H3/b22-15-. The molecule has 0 spiro atoms. The monoisotopic (exact) mass is 457 g/mol. The van der Waals surface area contributed by atoms with Crippen molar-refractivity contribution in [3.05, 3.63) is 58.5 Å². The first-order valence-corrected chi connectivity index (χ1v) is 11.4. The van der Waals surface area contributed by atoms with Crippen LogP contribution in [0.3, 0.4) is 0 Å². The van der Waals surface area contributed by atoms with Crippen LogP contribution < -0.4 is 14.2 Å². The van der Waals surface area contributed by atoms with Crippen molar-refractivity contribution in [3.8, 4) is 17.2 Å². The highest BCUT2D eigenvalue weighted by molar-refractivity contribution is 8.26. The molecule has 0 aromatic heterocycles. The molecule has 2 aromatic rings. The minimum Gasteiger partial charge on any atom is -0.493 e. The Labute approximate surface area is 193 Å². The Bertz CT molecular complexity index is 972. The molecule has 5 nitrogen and oxygen atoms in total. The summed E-state index contributed by atoms with van der Waals surface area (Å²) in [6.45, 7) is 5.21. The normalized spacial score (nSPS) is 16.0. The fourth-order valence-electron chi connectivity index (χ4n) is 3.03. The zero-order valence-electron chi connectivity index (χ0n) is 18.2. The van der Waals surface area contributed by atoms with Crippen molar-refractivity contribution in [1.29, 1.82) is 0 Å². The average Bonchev–Trinajstić information content (AvgIpc) is 3.03. The third kappa shape index (κ3) is 5.80. The fraction of sp³-hybridized carbons (Fsp3) is 0.333. The van der Waals surface area contributed by atoms with E-state index < -0.39 is 0 Å². The summed E-state index contributed by atoms with van der Waals surface area (Å²) in [7, 11) is 3.27. The molecule has 1 amide bonds. The number of methoxy groups -OCH3 is 1. The van der Waals surface area contributed by atoms with Crippen molar-refractivity contribution < 1.29 is 19.0 Å². The zero-order chi connectivity index (χ0) is 22.4. The van der Waals surface area contributed by atoms with Crippen LogP contribution in [0.1, 0.15) is 37.3 Å². The second kappa shape index (κ2) is 10.7. The summed E-state index contributed by atoms with van der Waals surface area (Å²) in [5.41, 5.74) is 2.16. The average molecular weight is 458 g/mol. The number of rotatable bonds is 9. The molecule has 1 aliphatic rings. The SMILES string of the molecule is CCC(C)c1ccc(OCCOc2ccc(/C=C3\SC(=S)N(C)C3=O)cc2OC)cc1. The lowest BCUT2D eigenvalue weighted by molar-refractivity contribution is -0.121. The second-order valence-corrected chi connectivity index (χ2v) is 8.90. The number of amides is 1. The quantitative estimate of drug-likeness (QED) is 0.282. The van der Waals surface area contributed by atoms with Crippen molar-refractivity contribution in [2.24, 2.45) is 0 Å². The van der Waals surface area contributed by atoms with Crippen LogP contribution in [0, 0.1) is 0 Å². The molecular weight excluding hydrogens is 430 g/mol. The minimum atomic E-state index is -0.0939. The van der Waals surface area contributed by atoms with Gasteiger partial charge in [-0.15, -0.1) is 0 Å². The molecule has 1 fully saturated rings. The van der Waals surface area contributed by atoms with E-state index in [2.05, 4.69) is 26.0 Å².